The molecule has 0 radical (unpaired) electrons. The Hall–Kier alpha value is -2.37. The minimum absolute atomic E-state index is 0.0967. The van der Waals surface area contributed by atoms with Gasteiger partial charge in [0.15, 0.2) is 0 Å². The molecule has 0 aromatic heterocycles. The number of halogens is 1. The van der Waals surface area contributed by atoms with Crippen molar-refractivity contribution in [1.29, 1.82) is 0 Å². The standard InChI is InChI=1S/C21H23ClN2O3/c22-18-8-4-5-16(15-18)9-10-19(25)23-20(17-6-2-1-3-7-17)21(26)24-11-13-27-14-12-24/h1-8,15,20H,9-14H2,(H,23,25). The summed E-state index contributed by atoms with van der Waals surface area (Å²) in [5.74, 6) is -0.258. The van der Waals surface area contributed by atoms with Crippen LogP contribution in [0, 0.1) is 0 Å². The van der Waals surface area contributed by atoms with Crippen LogP contribution in [0.25, 0.3) is 0 Å². The van der Waals surface area contributed by atoms with E-state index in [1.54, 1.807) is 11.0 Å². The van der Waals surface area contributed by atoms with Gasteiger partial charge in [-0.2, -0.15) is 0 Å². The van der Waals surface area contributed by atoms with E-state index < -0.39 is 6.04 Å². The third-order valence-corrected chi connectivity index (χ3v) is 4.77. The number of carbonyl (C=O) groups is 2. The van der Waals surface area contributed by atoms with Gasteiger partial charge in [0.1, 0.15) is 6.04 Å². The SMILES string of the molecule is O=C(CCc1cccc(Cl)c1)NC(C(=O)N1CCOCC1)c1ccccc1. The Morgan fingerprint density at radius 2 is 1.81 bits per heavy atom. The number of hydrogen-bond acceptors (Lipinski definition) is 3. The van der Waals surface area contributed by atoms with Crippen molar-refractivity contribution in [3.8, 4) is 0 Å². The molecule has 1 N–H and O–H groups in total. The van der Waals surface area contributed by atoms with Crippen LogP contribution in [0.4, 0.5) is 0 Å². The van der Waals surface area contributed by atoms with E-state index in [4.69, 9.17) is 16.3 Å². The Bertz CT molecular complexity index is 776. The summed E-state index contributed by atoms with van der Waals surface area (Å²) in [6.45, 7) is 2.13. The van der Waals surface area contributed by atoms with Gasteiger partial charge >= 0.3 is 0 Å². The fourth-order valence-electron chi connectivity index (χ4n) is 3.08. The van der Waals surface area contributed by atoms with Crippen molar-refractivity contribution in [2.24, 2.45) is 0 Å². The largest absolute Gasteiger partial charge is 0.378 e. The van der Waals surface area contributed by atoms with Crippen LogP contribution in [0.15, 0.2) is 54.6 Å². The van der Waals surface area contributed by atoms with E-state index in [1.165, 1.54) is 0 Å². The molecule has 1 unspecified atom stereocenters. The summed E-state index contributed by atoms with van der Waals surface area (Å²) in [5.41, 5.74) is 1.78. The second kappa shape index (κ2) is 9.53. The zero-order chi connectivity index (χ0) is 19.1. The van der Waals surface area contributed by atoms with Gasteiger partial charge in [0.2, 0.25) is 11.8 Å². The Balaban J connectivity index is 1.67. The number of hydrogen-bond donors (Lipinski definition) is 1. The average Bonchev–Trinajstić information content (AvgIpc) is 2.71. The van der Waals surface area contributed by atoms with Gasteiger partial charge < -0.3 is 15.0 Å². The predicted molar refractivity (Wildman–Crippen MR) is 104 cm³/mol. The number of amides is 2. The lowest BCUT2D eigenvalue weighted by Gasteiger charge is -2.31. The lowest BCUT2D eigenvalue weighted by atomic mass is 10.0. The van der Waals surface area contributed by atoms with E-state index in [-0.39, 0.29) is 11.8 Å². The molecule has 0 spiro atoms. The van der Waals surface area contributed by atoms with Gasteiger partial charge in [-0.1, -0.05) is 54.1 Å². The summed E-state index contributed by atoms with van der Waals surface area (Å²) in [7, 11) is 0. The molecule has 5 nitrogen and oxygen atoms in total. The molecule has 0 bridgehead atoms. The fraction of sp³-hybridized carbons (Fsp3) is 0.333. The lowest BCUT2D eigenvalue weighted by molar-refractivity contribution is -0.140. The first-order valence-electron chi connectivity index (χ1n) is 9.09. The zero-order valence-corrected chi connectivity index (χ0v) is 15.8. The highest BCUT2D eigenvalue weighted by Gasteiger charge is 2.28. The maximum absolute atomic E-state index is 13.0. The predicted octanol–water partition coefficient (Wildman–Crippen LogP) is 2.99. The van der Waals surface area contributed by atoms with Crippen molar-refractivity contribution in [2.45, 2.75) is 18.9 Å². The maximum Gasteiger partial charge on any atom is 0.249 e. The topological polar surface area (TPSA) is 58.6 Å². The molecule has 1 aliphatic heterocycles. The summed E-state index contributed by atoms with van der Waals surface area (Å²) < 4.78 is 5.32. The van der Waals surface area contributed by atoms with Crippen molar-refractivity contribution in [3.05, 3.63) is 70.7 Å². The van der Waals surface area contributed by atoms with Gasteiger partial charge in [-0.15, -0.1) is 0 Å². The fourth-order valence-corrected chi connectivity index (χ4v) is 3.30. The molecule has 0 saturated carbocycles. The molecule has 2 aromatic carbocycles. The number of rotatable bonds is 6. The van der Waals surface area contributed by atoms with E-state index in [0.717, 1.165) is 11.1 Å². The number of nitrogens with one attached hydrogen (secondary N) is 1. The lowest BCUT2D eigenvalue weighted by Crippen LogP contribution is -2.47. The van der Waals surface area contributed by atoms with Crippen LogP contribution < -0.4 is 5.32 Å². The third kappa shape index (κ3) is 5.55. The monoisotopic (exact) mass is 386 g/mol. The Morgan fingerprint density at radius 3 is 2.52 bits per heavy atom. The van der Waals surface area contributed by atoms with Gasteiger partial charge in [-0.25, -0.2) is 0 Å². The summed E-state index contributed by atoms with van der Waals surface area (Å²) in [4.78, 5) is 27.3. The van der Waals surface area contributed by atoms with Gasteiger partial charge in [-0.3, -0.25) is 9.59 Å². The first-order valence-corrected chi connectivity index (χ1v) is 9.46. The van der Waals surface area contributed by atoms with E-state index in [0.29, 0.717) is 44.2 Å². The highest BCUT2D eigenvalue weighted by molar-refractivity contribution is 6.30. The van der Waals surface area contributed by atoms with Crippen LogP contribution in [0.3, 0.4) is 0 Å². The number of nitrogens with zero attached hydrogens (tertiary/aromatic N) is 1. The smallest absolute Gasteiger partial charge is 0.249 e. The zero-order valence-electron chi connectivity index (χ0n) is 15.1. The number of morpholine rings is 1. The Morgan fingerprint density at radius 1 is 1.07 bits per heavy atom. The van der Waals surface area contributed by atoms with Gasteiger partial charge in [0.05, 0.1) is 13.2 Å². The molecule has 2 aromatic rings. The van der Waals surface area contributed by atoms with E-state index in [1.807, 2.05) is 48.5 Å². The van der Waals surface area contributed by atoms with Crippen LogP contribution in [0.1, 0.15) is 23.6 Å². The van der Waals surface area contributed by atoms with Crippen LogP contribution in [-0.2, 0) is 20.7 Å². The molecule has 1 atom stereocenters. The quantitative estimate of drug-likeness (QED) is 0.830. The Kier molecular flexibility index (Phi) is 6.85. The van der Waals surface area contributed by atoms with Gasteiger partial charge in [0.25, 0.3) is 0 Å². The van der Waals surface area contributed by atoms with Crippen molar-refractivity contribution in [3.63, 3.8) is 0 Å². The van der Waals surface area contributed by atoms with Gasteiger partial charge in [0, 0.05) is 24.5 Å². The second-order valence-electron chi connectivity index (χ2n) is 6.48. The van der Waals surface area contributed by atoms with Crippen molar-refractivity contribution < 1.29 is 14.3 Å². The first kappa shape index (κ1) is 19.4. The Labute approximate surface area is 164 Å². The molecule has 3 rings (SSSR count). The molecule has 2 amide bonds. The van der Waals surface area contributed by atoms with Crippen molar-refractivity contribution in [2.75, 3.05) is 26.3 Å². The molecule has 0 aliphatic carbocycles. The number of ether oxygens (including phenoxy) is 1. The van der Waals surface area contributed by atoms with E-state index >= 15 is 0 Å². The number of benzene rings is 2. The molecule has 1 fully saturated rings. The summed E-state index contributed by atoms with van der Waals surface area (Å²) in [5, 5.41) is 3.56. The van der Waals surface area contributed by atoms with Crippen molar-refractivity contribution >= 4 is 23.4 Å². The van der Waals surface area contributed by atoms with Crippen LogP contribution in [0.5, 0.6) is 0 Å². The molecule has 6 heteroatoms. The maximum atomic E-state index is 13.0. The summed E-state index contributed by atoms with van der Waals surface area (Å²) in [6, 6.07) is 16.1. The minimum atomic E-state index is -0.684. The van der Waals surface area contributed by atoms with E-state index in [9.17, 15) is 9.59 Å². The molecule has 27 heavy (non-hydrogen) atoms. The highest BCUT2D eigenvalue weighted by Crippen LogP contribution is 2.18. The molecule has 1 heterocycles. The molecule has 1 saturated heterocycles. The van der Waals surface area contributed by atoms with Crippen molar-refractivity contribution in [1.82, 2.24) is 10.2 Å². The minimum Gasteiger partial charge on any atom is -0.378 e. The van der Waals surface area contributed by atoms with Crippen LogP contribution in [-0.4, -0.2) is 43.0 Å². The van der Waals surface area contributed by atoms with Crippen LogP contribution >= 0.6 is 11.6 Å². The molecular weight excluding hydrogens is 364 g/mol. The number of aryl methyl sites for hydroxylation is 1. The molecule has 142 valence electrons. The molecular formula is C21H23ClN2O3. The summed E-state index contributed by atoms with van der Waals surface area (Å²) in [6.07, 6.45) is 0.861. The second-order valence-corrected chi connectivity index (χ2v) is 6.92. The average molecular weight is 387 g/mol. The third-order valence-electron chi connectivity index (χ3n) is 4.54. The summed E-state index contributed by atoms with van der Waals surface area (Å²) >= 11 is 5.99. The van der Waals surface area contributed by atoms with E-state index in [2.05, 4.69) is 5.32 Å². The first-order chi connectivity index (χ1) is 13.1. The molecule has 1 aliphatic rings. The van der Waals surface area contributed by atoms with Crippen LogP contribution in [0.2, 0.25) is 5.02 Å². The van der Waals surface area contributed by atoms with Gasteiger partial charge in [-0.05, 0) is 29.7 Å². The normalized spacial score (nSPS) is 15.2. The number of carbonyl (C=O) groups excluding carboxylic acids is 2. The highest BCUT2D eigenvalue weighted by atomic mass is 35.5.